The van der Waals surface area contributed by atoms with E-state index in [9.17, 15) is 4.39 Å². The summed E-state index contributed by atoms with van der Waals surface area (Å²) in [5.74, 6) is 0.802. The second-order valence-corrected chi connectivity index (χ2v) is 5.11. The van der Waals surface area contributed by atoms with Crippen molar-refractivity contribution in [3.05, 3.63) is 30.0 Å². The van der Waals surface area contributed by atoms with Crippen LogP contribution >= 0.6 is 0 Å². The zero-order chi connectivity index (χ0) is 13.9. The first-order chi connectivity index (χ1) is 9.83. The van der Waals surface area contributed by atoms with Crippen LogP contribution in [-0.2, 0) is 0 Å². The van der Waals surface area contributed by atoms with Crippen molar-refractivity contribution in [3.63, 3.8) is 0 Å². The second kappa shape index (κ2) is 5.81. The SMILES string of the molecule is COc1ccc2[nH]cc([C@H](CF)N3CCNCC3)c2c1. The lowest BCUT2D eigenvalue weighted by Crippen LogP contribution is -2.45. The third-order valence-electron chi connectivity index (χ3n) is 4.02. The molecule has 0 bridgehead atoms. The van der Waals surface area contributed by atoms with Crippen LogP contribution in [0.2, 0.25) is 0 Å². The molecule has 3 rings (SSSR count). The van der Waals surface area contributed by atoms with E-state index in [2.05, 4.69) is 15.2 Å². The quantitative estimate of drug-likeness (QED) is 0.899. The van der Waals surface area contributed by atoms with Crippen molar-refractivity contribution in [2.45, 2.75) is 6.04 Å². The summed E-state index contributed by atoms with van der Waals surface area (Å²) < 4.78 is 18.9. The van der Waals surface area contributed by atoms with Crippen LogP contribution in [0.25, 0.3) is 10.9 Å². The largest absolute Gasteiger partial charge is 0.497 e. The molecule has 108 valence electrons. The van der Waals surface area contributed by atoms with Crippen LogP contribution in [0, 0.1) is 0 Å². The van der Waals surface area contributed by atoms with Gasteiger partial charge in [0, 0.05) is 43.3 Å². The van der Waals surface area contributed by atoms with E-state index in [0.717, 1.165) is 48.4 Å². The Bertz CT molecular complexity index is 578. The summed E-state index contributed by atoms with van der Waals surface area (Å²) >= 11 is 0. The summed E-state index contributed by atoms with van der Waals surface area (Å²) in [6, 6.07) is 5.69. The maximum Gasteiger partial charge on any atom is 0.119 e. The van der Waals surface area contributed by atoms with Crippen molar-refractivity contribution in [1.82, 2.24) is 15.2 Å². The standard InChI is InChI=1S/C15H20FN3O/c1-20-11-2-3-14-12(8-11)13(10-18-14)15(9-16)19-6-4-17-5-7-19/h2-3,8,10,15,17-18H,4-7,9H2,1H3/t15-/m0/s1. The number of aromatic amines is 1. The van der Waals surface area contributed by atoms with Gasteiger partial charge in [-0.3, -0.25) is 4.90 Å². The number of rotatable bonds is 4. The number of piperazine rings is 1. The fourth-order valence-electron chi connectivity index (χ4n) is 2.90. The molecular formula is C15H20FN3O. The molecule has 0 amide bonds. The normalized spacial score (nSPS) is 18.3. The summed E-state index contributed by atoms with van der Waals surface area (Å²) in [5.41, 5.74) is 2.04. The zero-order valence-corrected chi connectivity index (χ0v) is 11.7. The van der Waals surface area contributed by atoms with E-state index in [1.807, 2.05) is 24.4 Å². The first kappa shape index (κ1) is 13.4. The van der Waals surface area contributed by atoms with Gasteiger partial charge in [-0.1, -0.05) is 0 Å². The molecule has 2 heterocycles. The molecule has 1 aliphatic heterocycles. The fraction of sp³-hybridized carbons (Fsp3) is 0.467. The zero-order valence-electron chi connectivity index (χ0n) is 11.7. The van der Waals surface area contributed by atoms with Crippen molar-refractivity contribution in [2.75, 3.05) is 40.0 Å². The highest BCUT2D eigenvalue weighted by atomic mass is 19.1. The highest BCUT2D eigenvalue weighted by molar-refractivity contribution is 5.85. The molecule has 0 saturated carbocycles. The van der Waals surface area contributed by atoms with E-state index in [1.165, 1.54) is 0 Å². The van der Waals surface area contributed by atoms with Crippen LogP contribution in [0.15, 0.2) is 24.4 Å². The molecule has 0 unspecified atom stereocenters. The van der Waals surface area contributed by atoms with Crippen LogP contribution in [0.3, 0.4) is 0 Å². The molecule has 4 nitrogen and oxygen atoms in total. The molecule has 0 aliphatic carbocycles. The van der Waals surface area contributed by atoms with Crippen molar-refractivity contribution >= 4 is 10.9 Å². The number of hydrogen-bond donors (Lipinski definition) is 2. The predicted molar refractivity (Wildman–Crippen MR) is 78.0 cm³/mol. The number of halogens is 1. The molecule has 1 atom stereocenters. The number of nitrogens with zero attached hydrogens (tertiary/aromatic N) is 1. The number of H-pyrrole nitrogens is 1. The van der Waals surface area contributed by atoms with E-state index in [4.69, 9.17) is 4.74 Å². The highest BCUT2D eigenvalue weighted by Gasteiger charge is 2.24. The lowest BCUT2D eigenvalue weighted by Gasteiger charge is -2.33. The minimum Gasteiger partial charge on any atom is -0.497 e. The summed E-state index contributed by atoms with van der Waals surface area (Å²) in [6.45, 7) is 3.23. The Morgan fingerprint density at radius 2 is 2.15 bits per heavy atom. The Kier molecular flexibility index (Phi) is 3.89. The van der Waals surface area contributed by atoms with Crippen LogP contribution in [0.5, 0.6) is 5.75 Å². The van der Waals surface area contributed by atoms with Crippen LogP contribution < -0.4 is 10.1 Å². The third-order valence-corrected chi connectivity index (χ3v) is 4.02. The Balaban J connectivity index is 1.97. The maximum absolute atomic E-state index is 13.6. The van der Waals surface area contributed by atoms with Gasteiger partial charge in [-0.15, -0.1) is 0 Å². The molecule has 5 heteroatoms. The van der Waals surface area contributed by atoms with Crippen molar-refractivity contribution in [1.29, 1.82) is 0 Å². The van der Waals surface area contributed by atoms with Gasteiger partial charge in [-0.2, -0.15) is 0 Å². The summed E-state index contributed by atoms with van der Waals surface area (Å²) in [4.78, 5) is 5.44. The number of methoxy groups -OCH3 is 1. The van der Waals surface area contributed by atoms with E-state index in [0.29, 0.717) is 0 Å². The monoisotopic (exact) mass is 277 g/mol. The Morgan fingerprint density at radius 3 is 2.85 bits per heavy atom. The topological polar surface area (TPSA) is 40.3 Å². The van der Waals surface area contributed by atoms with Crippen molar-refractivity contribution in [2.24, 2.45) is 0 Å². The number of benzene rings is 1. The summed E-state index contributed by atoms with van der Waals surface area (Å²) in [7, 11) is 1.65. The third kappa shape index (κ3) is 2.39. The molecule has 2 N–H and O–H groups in total. The van der Waals surface area contributed by atoms with Crippen LogP contribution in [-0.4, -0.2) is 49.8 Å². The number of hydrogen-bond acceptors (Lipinski definition) is 3. The first-order valence-electron chi connectivity index (χ1n) is 6.99. The van der Waals surface area contributed by atoms with E-state index >= 15 is 0 Å². The minimum atomic E-state index is -0.371. The van der Waals surface area contributed by atoms with Gasteiger partial charge in [0.25, 0.3) is 0 Å². The molecule has 20 heavy (non-hydrogen) atoms. The maximum atomic E-state index is 13.6. The van der Waals surface area contributed by atoms with Gasteiger partial charge in [0.15, 0.2) is 0 Å². The number of alkyl halides is 1. The molecule has 1 saturated heterocycles. The molecular weight excluding hydrogens is 257 g/mol. The smallest absolute Gasteiger partial charge is 0.119 e. The number of ether oxygens (including phenoxy) is 1. The number of nitrogens with one attached hydrogen (secondary N) is 2. The van der Waals surface area contributed by atoms with Crippen LogP contribution in [0.1, 0.15) is 11.6 Å². The van der Waals surface area contributed by atoms with Gasteiger partial charge >= 0.3 is 0 Å². The fourth-order valence-corrected chi connectivity index (χ4v) is 2.90. The Hall–Kier alpha value is -1.59. The van der Waals surface area contributed by atoms with Crippen LogP contribution in [0.4, 0.5) is 4.39 Å². The molecule has 1 fully saturated rings. The van der Waals surface area contributed by atoms with Crippen molar-refractivity contribution < 1.29 is 9.13 Å². The molecule has 0 radical (unpaired) electrons. The molecule has 1 aromatic heterocycles. The van der Waals surface area contributed by atoms with Gasteiger partial charge in [0.1, 0.15) is 12.4 Å². The second-order valence-electron chi connectivity index (χ2n) is 5.11. The molecule has 1 aromatic carbocycles. The van der Waals surface area contributed by atoms with Gasteiger partial charge in [-0.05, 0) is 23.8 Å². The van der Waals surface area contributed by atoms with E-state index < -0.39 is 0 Å². The van der Waals surface area contributed by atoms with Gasteiger partial charge in [0.2, 0.25) is 0 Å². The molecule has 1 aliphatic rings. The summed E-state index contributed by atoms with van der Waals surface area (Å²) in [5, 5.41) is 4.35. The molecule has 2 aromatic rings. The first-order valence-corrected chi connectivity index (χ1v) is 6.99. The Labute approximate surface area is 117 Å². The Morgan fingerprint density at radius 1 is 1.35 bits per heavy atom. The van der Waals surface area contributed by atoms with E-state index in [1.54, 1.807) is 7.11 Å². The van der Waals surface area contributed by atoms with Gasteiger partial charge in [-0.25, -0.2) is 4.39 Å². The minimum absolute atomic E-state index is 0.182. The predicted octanol–water partition coefficient (Wildman–Crippen LogP) is 2.09. The number of aromatic nitrogens is 1. The number of fused-ring (bicyclic) bond motifs is 1. The highest BCUT2D eigenvalue weighted by Crippen LogP contribution is 2.31. The average Bonchev–Trinajstić information content (AvgIpc) is 2.92. The molecule has 0 spiro atoms. The lowest BCUT2D eigenvalue weighted by molar-refractivity contribution is 0.148. The van der Waals surface area contributed by atoms with Crippen molar-refractivity contribution in [3.8, 4) is 5.75 Å². The van der Waals surface area contributed by atoms with Gasteiger partial charge < -0.3 is 15.0 Å². The lowest BCUT2D eigenvalue weighted by atomic mass is 10.0. The summed E-state index contributed by atoms with van der Waals surface area (Å²) in [6.07, 6.45) is 1.93. The van der Waals surface area contributed by atoms with Gasteiger partial charge in [0.05, 0.1) is 13.2 Å². The average molecular weight is 277 g/mol. The van der Waals surface area contributed by atoms with E-state index in [-0.39, 0.29) is 12.7 Å².